The van der Waals surface area contributed by atoms with E-state index < -0.39 is 35.5 Å². The fraction of sp³-hybridized carbons (Fsp3) is 0.455. The molecule has 1 atom stereocenters. The van der Waals surface area contributed by atoms with Gasteiger partial charge in [-0.15, -0.1) is 0 Å². The van der Waals surface area contributed by atoms with Crippen molar-refractivity contribution in [2.45, 2.75) is 62.9 Å². The predicted molar refractivity (Wildman–Crippen MR) is 172 cm³/mol. The van der Waals surface area contributed by atoms with Crippen LogP contribution in [0.5, 0.6) is 0 Å². The van der Waals surface area contributed by atoms with Crippen molar-refractivity contribution in [1.29, 1.82) is 0 Å². The second-order valence-electron chi connectivity index (χ2n) is 12.4. The minimum absolute atomic E-state index is 0.0628. The lowest BCUT2D eigenvalue weighted by Gasteiger charge is -2.38. The average molecular weight is 688 g/mol. The third-order valence-electron chi connectivity index (χ3n) is 9.46. The molecule has 2 aromatic carbocycles. The summed E-state index contributed by atoms with van der Waals surface area (Å²) in [5.41, 5.74) is 5.80. The van der Waals surface area contributed by atoms with E-state index in [1.54, 1.807) is 22.3 Å². The first-order valence-corrected chi connectivity index (χ1v) is 16.4. The van der Waals surface area contributed by atoms with Gasteiger partial charge in [-0.05, 0) is 61.4 Å². The number of amides is 4. The first kappa shape index (κ1) is 33.4. The standard InChI is InChI=1S/C33H37ClF3N7O4/c34-26-18-21(17-25(29(26)38)33(35,36)37)19-28(30(45)41-11-6-23(7-12-41)43-16-10-39-20-43)48-32(47)42-13-8-24(9-14-42)44-15-5-22-3-1-2-4-27(22)40-31(44)46/h1-4,10,16-18,20,23-24,28H,5-9,11-15,19,38H2,(H,40,46). The lowest BCUT2D eigenvalue weighted by atomic mass is 10.0. The quantitative estimate of drug-likeness (QED) is 0.325. The lowest BCUT2D eigenvalue weighted by molar-refractivity contribution is -0.142. The summed E-state index contributed by atoms with van der Waals surface area (Å²) in [5, 5.41) is 2.67. The first-order chi connectivity index (χ1) is 23.0. The van der Waals surface area contributed by atoms with Gasteiger partial charge in [0.05, 0.1) is 22.6 Å². The first-order valence-electron chi connectivity index (χ1n) is 16.0. The number of alkyl halides is 3. The number of ether oxygens (including phenoxy) is 1. The average Bonchev–Trinajstić information content (AvgIpc) is 3.56. The maximum absolute atomic E-state index is 13.8. The van der Waals surface area contributed by atoms with Crippen LogP contribution in [0.15, 0.2) is 55.1 Å². The van der Waals surface area contributed by atoms with Crippen LogP contribution in [-0.4, -0.2) is 87.2 Å². The fourth-order valence-electron chi connectivity index (χ4n) is 6.79. The van der Waals surface area contributed by atoms with Crippen molar-refractivity contribution >= 4 is 41.0 Å². The van der Waals surface area contributed by atoms with E-state index in [1.165, 1.54) is 11.0 Å². The van der Waals surface area contributed by atoms with Gasteiger partial charge >= 0.3 is 18.3 Å². The number of fused-ring (bicyclic) bond motifs is 1. The number of nitrogen functional groups attached to an aromatic ring is 1. The molecule has 1 unspecified atom stereocenters. The Balaban J connectivity index is 1.13. The largest absolute Gasteiger partial charge is 0.436 e. The van der Waals surface area contributed by atoms with E-state index in [4.69, 9.17) is 22.1 Å². The monoisotopic (exact) mass is 687 g/mol. The zero-order valence-corrected chi connectivity index (χ0v) is 26.9. The van der Waals surface area contributed by atoms with E-state index in [0.717, 1.165) is 17.3 Å². The summed E-state index contributed by atoms with van der Waals surface area (Å²) in [6, 6.07) is 9.62. The second kappa shape index (κ2) is 14.0. The molecule has 2 saturated heterocycles. The molecule has 0 bridgehead atoms. The molecule has 4 amide bonds. The summed E-state index contributed by atoms with van der Waals surface area (Å²) in [6.07, 6.45) is 1.01. The third-order valence-corrected chi connectivity index (χ3v) is 9.78. The normalized spacial score (nSPS) is 18.6. The number of piperidine rings is 2. The van der Waals surface area contributed by atoms with Gasteiger partial charge in [0.1, 0.15) is 0 Å². The number of carbonyl (C=O) groups is 3. The van der Waals surface area contributed by atoms with Gasteiger partial charge in [0, 0.05) is 69.3 Å². The molecule has 3 aromatic rings. The molecule has 15 heteroatoms. The molecular formula is C33H37ClF3N7O4. The molecule has 6 rings (SSSR count). The molecule has 2 fully saturated rings. The number of nitrogens with two attached hydrogens (primary N) is 1. The fourth-order valence-corrected chi connectivity index (χ4v) is 7.03. The van der Waals surface area contributed by atoms with Crippen LogP contribution in [0.25, 0.3) is 0 Å². The van der Waals surface area contributed by atoms with E-state index in [2.05, 4.69) is 10.3 Å². The molecule has 0 spiro atoms. The Bertz CT molecular complexity index is 1640. The molecule has 1 aromatic heterocycles. The molecule has 3 aliphatic rings. The Hall–Kier alpha value is -4.46. The number of nitrogens with zero attached hydrogens (tertiary/aromatic N) is 5. The SMILES string of the molecule is Nc1c(Cl)cc(CC(OC(=O)N2CCC(N3CCc4ccccc4NC3=O)CC2)C(=O)N2CCC(n3ccnc3)CC2)cc1C(F)(F)F. The maximum Gasteiger partial charge on any atom is 0.418 e. The highest BCUT2D eigenvalue weighted by Crippen LogP contribution is 2.38. The minimum atomic E-state index is -4.77. The molecule has 256 valence electrons. The molecule has 0 saturated carbocycles. The van der Waals surface area contributed by atoms with Crippen molar-refractivity contribution in [2.75, 3.05) is 43.8 Å². The molecule has 0 radical (unpaired) electrons. The second-order valence-corrected chi connectivity index (χ2v) is 12.8. The Labute approximate surface area is 280 Å². The molecule has 0 aliphatic carbocycles. The van der Waals surface area contributed by atoms with E-state index in [9.17, 15) is 27.6 Å². The van der Waals surface area contributed by atoms with Crippen LogP contribution in [0.2, 0.25) is 5.02 Å². The van der Waals surface area contributed by atoms with Crippen molar-refractivity contribution in [3.63, 3.8) is 0 Å². The molecule has 4 heterocycles. The predicted octanol–water partition coefficient (Wildman–Crippen LogP) is 5.60. The summed E-state index contributed by atoms with van der Waals surface area (Å²) in [4.78, 5) is 49.3. The van der Waals surface area contributed by atoms with Gasteiger partial charge in [0.2, 0.25) is 0 Å². The Kier molecular flexibility index (Phi) is 9.72. The highest BCUT2D eigenvalue weighted by atomic mass is 35.5. The third kappa shape index (κ3) is 7.33. The zero-order valence-electron chi connectivity index (χ0n) is 26.2. The summed E-state index contributed by atoms with van der Waals surface area (Å²) in [6.45, 7) is 1.85. The molecule has 3 N–H and O–H groups in total. The van der Waals surface area contributed by atoms with Crippen molar-refractivity contribution in [2.24, 2.45) is 0 Å². The van der Waals surface area contributed by atoms with Crippen LogP contribution >= 0.6 is 11.6 Å². The number of hydrogen-bond acceptors (Lipinski definition) is 6. The van der Waals surface area contributed by atoms with Gasteiger partial charge in [-0.1, -0.05) is 29.8 Å². The van der Waals surface area contributed by atoms with Gasteiger partial charge in [-0.2, -0.15) is 13.2 Å². The number of nitrogens with one attached hydrogen (secondary N) is 1. The molecule has 3 aliphatic heterocycles. The Morgan fingerprint density at radius 2 is 1.71 bits per heavy atom. The van der Waals surface area contributed by atoms with Crippen LogP contribution in [0.4, 0.5) is 34.1 Å². The van der Waals surface area contributed by atoms with Crippen LogP contribution in [0, 0.1) is 0 Å². The minimum Gasteiger partial charge on any atom is -0.436 e. The topological polar surface area (TPSA) is 126 Å². The van der Waals surface area contributed by atoms with E-state index in [-0.39, 0.29) is 48.2 Å². The van der Waals surface area contributed by atoms with Crippen LogP contribution in [-0.2, 0) is 28.5 Å². The van der Waals surface area contributed by atoms with Gasteiger partial charge in [0.25, 0.3) is 5.91 Å². The van der Waals surface area contributed by atoms with Gasteiger partial charge < -0.3 is 35.1 Å². The summed E-state index contributed by atoms with van der Waals surface area (Å²) >= 11 is 6.08. The van der Waals surface area contributed by atoms with Crippen LogP contribution < -0.4 is 11.1 Å². The highest BCUT2D eigenvalue weighted by molar-refractivity contribution is 6.33. The number of likely N-dealkylation sites (tertiary alicyclic amines) is 2. The number of anilines is 2. The number of benzene rings is 2. The number of halogens is 4. The number of para-hydroxylation sites is 1. The van der Waals surface area contributed by atoms with Gasteiger partial charge in [0.15, 0.2) is 6.10 Å². The van der Waals surface area contributed by atoms with Gasteiger partial charge in [-0.25, -0.2) is 14.6 Å². The summed E-state index contributed by atoms with van der Waals surface area (Å²) in [5.74, 6) is -0.496. The van der Waals surface area contributed by atoms with E-state index in [1.807, 2.05) is 35.0 Å². The molecular weight excluding hydrogens is 651 g/mol. The smallest absolute Gasteiger partial charge is 0.418 e. The van der Waals surface area contributed by atoms with Crippen molar-refractivity contribution in [1.82, 2.24) is 24.3 Å². The zero-order chi connectivity index (χ0) is 34.0. The van der Waals surface area contributed by atoms with E-state index >= 15 is 0 Å². The summed E-state index contributed by atoms with van der Waals surface area (Å²) in [7, 11) is 0. The number of carbonyl (C=O) groups excluding carboxylic acids is 3. The Morgan fingerprint density at radius 3 is 2.40 bits per heavy atom. The number of imidazole rings is 1. The number of aromatic nitrogens is 2. The van der Waals surface area contributed by atoms with Crippen LogP contribution in [0.3, 0.4) is 0 Å². The lowest BCUT2D eigenvalue weighted by Crippen LogP contribution is -2.51. The number of hydrogen-bond donors (Lipinski definition) is 2. The van der Waals surface area contributed by atoms with E-state index in [0.29, 0.717) is 51.7 Å². The summed E-state index contributed by atoms with van der Waals surface area (Å²) < 4.78 is 49.0. The Morgan fingerprint density at radius 1 is 1.02 bits per heavy atom. The van der Waals surface area contributed by atoms with Crippen molar-refractivity contribution in [3.05, 3.63) is 76.8 Å². The van der Waals surface area contributed by atoms with Crippen molar-refractivity contribution in [3.8, 4) is 0 Å². The van der Waals surface area contributed by atoms with Crippen molar-refractivity contribution < 1.29 is 32.3 Å². The molecule has 11 nitrogen and oxygen atoms in total. The van der Waals surface area contributed by atoms with Crippen LogP contribution in [0.1, 0.15) is 48.4 Å². The van der Waals surface area contributed by atoms with Gasteiger partial charge in [-0.3, -0.25) is 4.79 Å². The maximum atomic E-state index is 13.8. The number of urea groups is 1. The molecule has 48 heavy (non-hydrogen) atoms. The highest BCUT2D eigenvalue weighted by Gasteiger charge is 2.38. The number of rotatable bonds is 6.